The summed E-state index contributed by atoms with van der Waals surface area (Å²) in [6.45, 7) is 2.18. The van der Waals surface area contributed by atoms with Gasteiger partial charge < -0.3 is 24.3 Å². The number of ether oxygens (including phenoxy) is 4. The van der Waals surface area contributed by atoms with Crippen molar-refractivity contribution >= 4 is 23.4 Å². The Morgan fingerprint density at radius 3 is 2.68 bits per heavy atom. The van der Waals surface area contributed by atoms with Gasteiger partial charge in [0.15, 0.2) is 17.3 Å². The molecule has 0 radical (unpaired) electrons. The van der Waals surface area contributed by atoms with Crippen molar-refractivity contribution in [1.29, 1.82) is 0 Å². The smallest absolute Gasteiger partial charge is 0.336 e. The molecule has 1 aliphatic carbocycles. The van der Waals surface area contributed by atoms with Crippen molar-refractivity contribution in [3.05, 3.63) is 75.6 Å². The van der Waals surface area contributed by atoms with Gasteiger partial charge in [0.05, 0.1) is 5.57 Å². The number of para-hydroxylation sites is 1. The van der Waals surface area contributed by atoms with E-state index < -0.39 is 11.9 Å². The van der Waals surface area contributed by atoms with Gasteiger partial charge in [-0.15, -0.1) is 0 Å². The minimum absolute atomic E-state index is 0.00213. The van der Waals surface area contributed by atoms with Crippen LogP contribution in [0.5, 0.6) is 17.2 Å². The van der Waals surface area contributed by atoms with Gasteiger partial charge in [-0.3, -0.25) is 4.79 Å². The summed E-state index contributed by atoms with van der Waals surface area (Å²) in [5.74, 6) is 0.581. The van der Waals surface area contributed by atoms with Crippen LogP contribution in [-0.2, 0) is 14.3 Å². The fourth-order valence-corrected chi connectivity index (χ4v) is 4.87. The van der Waals surface area contributed by atoms with Crippen LogP contribution in [0, 0.1) is 0 Å². The van der Waals surface area contributed by atoms with E-state index in [0.717, 1.165) is 18.5 Å². The number of hydrogen-bond donors (Lipinski definition) is 1. The fraction of sp³-hybridized carbons (Fsp3) is 0.308. The number of benzene rings is 2. The zero-order chi connectivity index (χ0) is 23.7. The first-order chi connectivity index (χ1) is 16.5. The summed E-state index contributed by atoms with van der Waals surface area (Å²) in [6, 6.07) is 12.7. The van der Waals surface area contributed by atoms with Crippen molar-refractivity contribution in [3.63, 3.8) is 0 Å². The van der Waals surface area contributed by atoms with Crippen LogP contribution in [0.2, 0.25) is 5.02 Å². The molecule has 0 spiro atoms. The number of rotatable bonds is 6. The Bertz CT molecular complexity index is 1200. The van der Waals surface area contributed by atoms with Gasteiger partial charge >= 0.3 is 5.97 Å². The Balaban J connectivity index is 1.44. The first-order valence-corrected chi connectivity index (χ1v) is 11.6. The van der Waals surface area contributed by atoms with Crippen molar-refractivity contribution in [2.45, 2.75) is 32.1 Å². The Morgan fingerprint density at radius 2 is 1.88 bits per heavy atom. The third-order valence-corrected chi connectivity index (χ3v) is 6.45. The van der Waals surface area contributed by atoms with E-state index in [1.807, 2.05) is 37.3 Å². The third-order valence-electron chi connectivity index (χ3n) is 6.13. The largest absolute Gasteiger partial charge is 0.490 e. The van der Waals surface area contributed by atoms with Crippen LogP contribution in [0.1, 0.15) is 37.7 Å². The number of ketones is 1. The van der Waals surface area contributed by atoms with E-state index in [1.54, 1.807) is 12.1 Å². The van der Waals surface area contributed by atoms with Crippen LogP contribution < -0.4 is 19.5 Å². The summed E-state index contributed by atoms with van der Waals surface area (Å²) < 4.78 is 22.2. The number of fused-ring (bicyclic) bond motifs is 1. The predicted molar refractivity (Wildman–Crippen MR) is 125 cm³/mol. The molecule has 0 fully saturated rings. The number of dihydropyridines is 1. The lowest BCUT2D eigenvalue weighted by Gasteiger charge is -2.34. The molecule has 0 aromatic heterocycles. The zero-order valence-corrected chi connectivity index (χ0v) is 19.4. The van der Waals surface area contributed by atoms with Gasteiger partial charge in [0, 0.05) is 40.4 Å². The van der Waals surface area contributed by atoms with E-state index in [-0.39, 0.29) is 25.8 Å². The molecule has 3 aliphatic rings. The minimum Gasteiger partial charge on any atom is -0.490 e. The van der Waals surface area contributed by atoms with Gasteiger partial charge in [0.2, 0.25) is 6.79 Å². The summed E-state index contributed by atoms with van der Waals surface area (Å²) in [5, 5.41) is 3.67. The predicted octanol–water partition coefficient (Wildman–Crippen LogP) is 4.66. The van der Waals surface area contributed by atoms with E-state index in [4.69, 9.17) is 30.5 Å². The lowest BCUT2D eigenvalue weighted by molar-refractivity contribution is -0.140. The Labute approximate surface area is 202 Å². The molecule has 0 saturated carbocycles. The average Bonchev–Trinajstić information content (AvgIpc) is 3.28. The molecular weight excluding hydrogens is 458 g/mol. The van der Waals surface area contributed by atoms with Crippen molar-refractivity contribution in [2.24, 2.45) is 0 Å². The molecule has 0 amide bonds. The maximum atomic E-state index is 13.3. The minimum atomic E-state index is -0.659. The second-order valence-corrected chi connectivity index (χ2v) is 8.70. The summed E-state index contributed by atoms with van der Waals surface area (Å²) >= 11 is 6.65. The summed E-state index contributed by atoms with van der Waals surface area (Å²) in [6.07, 6.45) is 1.91. The average molecular weight is 482 g/mol. The summed E-state index contributed by atoms with van der Waals surface area (Å²) in [7, 11) is 0. The van der Waals surface area contributed by atoms with Crippen LogP contribution in [0.3, 0.4) is 0 Å². The second-order valence-electron chi connectivity index (χ2n) is 8.29. The molecule has 5 rings (SSSR count). The first-order valence-electron chi connectivity index (χ1n) is 11.2. The highest BCUT2D eigenvalue weighted by molar-refractivity contribution is 6.32. The number of allylic oxidation sites excluding steroid dienone is 3. The molecule has 0 saturated heterocycles. The van der Waals surface area contributed by atoms with E-state index in [2.05, 4.69) is 5.32 Å². The van der Waals surface area contributed by atoms with Crippen molar-refractivity contribution in [1.82, 2.24) is 5.32 Å². The van der Waals surface area contributed by atoms with E-state index in [9.17, 15) is 9.59 Å². The molecule has 2 aliphatic heterocycles. The standard InChI is InChI=1S/C26H24ClNO6/c1-15-23(26(30)32-11-10-31-16-6-3-2-4-7-16)24(25-19(28-15)8-5-9-20(25)29)17-12-21-22(13-18(17)27)34-14-33-21/h2-4,6-7,12-13,24,28H,5,8-11,14H2,1H3/t24-/m0/s1. The number of halogens is 1. The lowest BCUT2D eigenvalue weighted by Crippen LogP contribution is -2.34. The van der Waals surface area contributed by atoms with Gasteiger partial charge in [-0.25, -0.2) is 4.79 Å². The monoisotopic (exact) mass is 481 g/mol. The van der Waals surface area contributed by atoms with Gasteiger partial charge in [0.1, 0.15) is 19.0 Å². The first kappa shape index (κ1) is 22.3. The fourth-order valence-electron chi connectivity index (χ4n) is 4.61. The molecule has 2 aromatic rings. The quantitative estimate of drug-likeness (QED) is 0.474. The van der Waals surface area contributed by atoms with Crippen LogP contribution >= 0.6 is 11.6 Å². The molecule has 2 heterocycles. The molecular formula is C26H24ClNO6. The van der Waals surface area contributed by atoms with Gasteiger partial charge in [-0.05, 0) is 43.5 Å². The van der Waals surface area contributed by atoms with Crippen molar-refractivity contribution < 1.29 is 28.5 Å². The highest BCUT2D eigenvalue weighted by Crippen LogP contribution is 2.48. The molecule has 0 bridgehead atoms. The molecule has 7 nitrogen and oxygen atoms in total. The zero-order valence-electron chi connectivity index (χ0n) is 18.7. The molecule has 1 atom stereocenters. The van der Waals surface area contributed by atoms with E-state index in [0.29, 0.717) is 51.1 Å². The highest BCUT2D eigenvalue weighted by atomic mass is 35.5. The Morgan fingerprint density at radius 1 is 1.12 bits per heavy atom. The normalized spacial score (nSPS) is 19.0. The lowest BCUT2D eigenvalue weighted by atomic mass is 9.75. The number of carbonyl (C=O) groups excluding carboxylic acids is 2. The van der Waals surface area contributed by atoms with Crippen LogP contribution in [0.25, 0.3) is 0 Å². The summed E-state index contributed by atoms with van der Waals surface area (Å²) in [5.41, 5.74) is 3.00. The van der Waals surface area contributed by atoms with Crippen LogP contribution in [0.15, 0.2) is 65.0 Å². The van der Waals surface area contributed by atoms with Crippen molar-refractivity contribution in [2.75, 3.05) is 20.0 Å². The third kappa shape index (κ3) is 4.23. The van der Waals surface area contributed by atoms with E-state index >= 15 is 0 Å². The number of Topliss-reactive ketones (excluding diaryl/α,β-unsaturated/α-hetero) is 1. The molecule has 176 valence electrons. The topological polar surface area (TPSA) is 83.1 Å². The van der Waals surface area contributed by atoms with Crippen LogP contribution in [-0.4, -0.2) is 31.8 Å². The van der Waals surface area contributed by atoms with Gasteiger partial charge in [-0.2, -0.15) is 0 Å². The number of nitrogens with one attached hydrogen (secondary N) is 1. The maximum absolute atomic E-state index is 13.3. The molecule has 1 N–H and O–H groups in total. The summed E-state index contributed by atoms with van der Waals surface area (Å²) in [4.78, 5) is 26.4. The van der Waals surface area contributed by atoms with Crippen LogP contribution in [0.4, 0.5) is 0 Å². The highest BCUT2D eigenvalue weighted by Gasteiger charge is 2.40. The molecule has 2 aromatic carbocycles. The SMILES string of the molecule is CC1=C(C(=O)OCCOc2ccccc2)[C@H](c2cc3c(cc2Cl)OCO3)C2=C(CCCC2=O)N1. The number of esters is 1. The molecule has 0 unspecified atom stereocenters. The van der Waals surface area contributed by atoms with Gasteiger partial charge in [-0.1, -0.05) is 29.8 Å². The maximum Gasteiger partial charge on any atom is 0.336 e. The molecule has 8 heteroatoms. The number of hydrogen-bond acceptors (Lipinski definition) is 7. The second kappa shape index (κ2) is 9.43. The van der Waals surface area contributed by atoms with E-state index in [1.165, 1.54) is 0 Å². The van der Waals surface area contributed by atoms with Gasteiger partial charge in [0.25, 0.3) is 0 Å². The Kier molecular flexibility index (Phi) is 6.20. The Hall–Kier alpha value is -3.45. The van der Waals surface area contributed by atoms with Crippen molar-refractivity contribution in [3.8, 4) is 17.2 Å². The molecule has 34 heavy (non-hydrogen) atoms. The number of carbonyl (C=O) groups is 2.